The minimum Gasteiger partial charge on any atom is -0.477 e. The molecule has 8 heteroatoms. The largest absolute Gasteiger partial charge is 0.477 e. The highest BCUT2D eigenvalue weighted by Crippen LogP contribution is 2.19. The van der Waals surface area contributed by atoms with E-state index >= 15 is 0 Å². The molecule has 1 aliphatic rings. The summed E-state index contributed by atoms with van der Waals surface area (Å²) in [5.41, 5.74) is -0.658. The number of pyridine rings is 1. The molecule has 1 fully saturated rings. The molecule has 1 aliphatic heterocycles. The van der Waals surface area contributed by atoms with Gasteiger partial charge in [0, 0.05) is 31.7 Å². The smallest absolute Gasteiger partial charge is 0.341 e. The monoisotopic (exact) mass is 398 g/mol. The van der Waals surface area contributed by atoms with E-state index in [9.17, 15) is 9.59 Å². The average Bonchev–Trinajstić information content (AvgIpc) is 2.88. The number of aromatic nitrogens is 1. The van der Waals surface area contributed by atoms with Crippen molar-refractivity contribution in [1.29, 1.82) is 0 Å². The van der Waals surface area contributed by atoms with Gasteiger partial charge in [-0.1, -0.05) is 35.3 Å². The molecule has 1 aromatic carbocycles. The number of halogens is 2. The molecule has 2 aromatic rings. The number of hydrogen-bond acceptors (Lipinski definition) is 4. The van der Waals surface area contributed by atoms with Crippen molar-refractivity contribution in [2.75, 3.05) is 26.3 Å². The van der Waals surface area contributed by atoms with E-state index in [1.807, 2.05) is 12.1 Å². The van der Waals surface area contributed by atoms with Crippen molar-refractivity contribution < 1.29 is 14.6 Å². The molecule has 0 radical (unpaired) electrons. The van der Waals surface area contributed by atoms with Crippen LogP contribution in [0.15, 0.2) is 47.4 Å². The maximum atomic E-state index is 11.9. The van der Waals surface area contributed by atoms with Gasteiger partial charge < -0.3 is 19.7 Å². The molecule has 0 spiro atoms. The van der Waals surface area contributed by atoms with Crippen LogP contribution in [0.3, 0.4) is 0 Å². The normalized spacial score (nSPS) is 16.9. The van der Waals surface area contributed by atoms with Crippen LogP contribution in [-0.2, 0) is 11.3 Å². The van der Waals surface area contributed by atoms with Gasteiger partial charge in [-0.25, -0.2) is 4.79 Å². The van der Waals surface area contributed by atoms with Crippen molar-refractivity contribution in [3.63, 3.8) is 0 Å². The van der Waals surface area contributed by atoms with E-state index in [0.29, 0.717) is 29.8 Å². The minimum absolute atomic E-state index is 0.175. The number of benzene rings is 1. The maximum Gasteiger partial charge on any atom is 0.341 e. The zero-order valence-corrected chi connectivity index (χ0v) is 15.5. The fraction of sp³-hybridized carbons (Fsp3) is 0.333. The lowest BCUT2D eigenvalue weighted by molar-refractivity contribution is 0.0693. The molecule has 3 rings (SSSR count). The van der Waals surface area contributed by atoms with Crippen LogP contribution >= 0.6 is 23.2 Å². The molecule has 0 amide bonds. The Hall–Kier alpha value is -1.86. The van der Waals surface area contributed by atoms with E-state index in [4.69, 9.17) is 33.0 Å². The summed E-state index contributed by atoms with van der Waals surface area (Å²) >= 11 is 11.2. The summed E-state index contributed by atoms with van der Waals surface area (Å²) in [7, 11) is 0. The van der Waals surface area contributed by atoms with Gasteiger partial charge >= 0.3 is 5.97 Å². The van der Waals surface area contributed by atoms with Gasteiger partial charge in [0.2, 0.25) is 0 Å². The van der Waals surface area contributed by atoms with E-state index in [1.165, 1.54) is 10.6 Å². The van der Waals surface area contributed by atoms with Crippen LogP contribution in [0.1, 0.15) is 10.4 Å². The molecule has 1 saturated heterocycles. The number of rotatable bonds is 3. The summed E-state index contributed by atoms with van der Waals surface area (Å²) < 4.78 is 6.84. The minimum atomic E-state index is -1.19. The SMILES string of the molecule is Clc1ccccc1Cl.O=C(O)c1cccn(CC2CNCCOC2)c1=O. The molecule has 1 unspecified atom stereocenters. The average molecular weight is 399 g/mol. The van der Waals surface area contributed by atoms with Gasteiger partial charge in [-0.2, -0.15) is 0 Å². The molecule has 140 valence electrons. The number of hydrogen-bond donors (Lipinski definition) is 2. The Bertz CT molecular complexity index is 766. The number of ether oxygens (including phenoxy) is 1. The van der Waals surface area contributed by atoms with Crippen LogP contribution in [0.4, 0.5) is 0 Å². The van der Waals surface area contributed by atoms with Gasteiger partial charge in [0.15, 0.2) is 0 Å². The molecule has 1 aromatic heterocycles. The fourth-order valence-corrected chi connectivity index (χ4v) is 2.71. The third kappa shape index (κ3) is 6.14. The number of nitrogens with one attached hydrogen (secondary N) is 1. The lowest BCUT2D eigenvalue weighted by Crippen LogP contribution is -2.32. The summed E-state index contributed by atoms with van der Waals surface area (Å²) in [4.78, 5) is 22.8. The van der Waals surface area contributed by atoms with E-state index in [0.717, 1.165) is 13.1 Å². The van der Waals surface area contributed by atoms with Crippen molar-refractivity contribution >= 4 is 29.2 Å². The first-order chi connectivity index (χ1) is 12.5. The molecule has 1 atom stereocenters. The number of nitrogens with zero attached hydrogens (tertiary/aromatic N) is 1. The maximum absolute atomic E-state index is 11.9. The lowest BCUT2D eigenvalue weighted by Gasteiger charge is -2.15. The van der Waals surface area contributed by atoms with E-state index in [1.54, 1.807) is 24.4 Å². The van der Waals surface area contributed by atoms with Crippen molar-refractivity contribution in [2.45, 2.75) is 6.54 Å². The topological polar surface area (TPSA) is 80.6 Å². The number of carboxylic acids is 1. The first kappa shape index (κ1) is 20.5. The van der Waals surface area contributed by atoms with Crippen molar-refractivity contribution in [3.8, 4) is 0 Å². The summed E-state index contributed by atoms with van der Waals surface area (Å²) in [5, 5.41) is 13.3. The van der Waals surface area contributed by atoms with Gasteiger partial charge in [0.1, 0.15) is 5.56 Å². The van der Waals surface area contributed by atoms with E-state index < -0.39 is 11.5 Å². The summed E-state index contributed by atoms with van der Waals surface area (Å²) in [6, 6.07) is 10.1. The van der Waals surface area contributed by atoms with E-state index in [-0.39, 0.29) is 11.5 Å². The second-order valence-electron chi connectivity index (χ2n) is 5.74. The second-order valence-corrected chi connectivity index (χ2v) is 6.56. The molecule has 0 saturated carbocycles. The Balaban J connectivity index is 0.000000254. The zero-order valence-electron chi connectivity index (χ0n) is 14.0. The van der Waals surface area contributed by atoms with Crippen LogP contribution < -0.4 is 10.9 Å². The Morgan fingerprint density at radius 1 is 1.23 bits per heavy atom. The quantitative estimate of drug-likeness (QED) is 0.830. The van der Waals surface area contributed by atoms with Crippen molar-refractivity contribution in [2.24, 2.45) is 5.92 Å². The third-order valence-corrected chi connectivity index (χ3v) is 4.50. The fourth-order valence-electron chi connectivity index (χ4n) is 2.44. The highest BCUT2D eigenvalue weighted by atomic mass is 35.5. The molecule has 6 nitrogen and oxygen atoms in total. The number of carbonyl (C=O) groups is 1. The summed E-state index contributed by atoms with van der Waals surface area (Å²) in [5.74, 6) is -1.01. The molecular weight excluding hydrogens is 379 g/mol. The van der Waals surface area contributed by atoms with Gasteiger partial charge in [0.05, 0.1) is 23.3 Å². The van der Waals surface area contributed by atoms with E-state index in [2.05, 4.69) is 5.32 Å². The predicted molar refractivity (Wildman–Crippen MR) is 101 cm³/mol. The van der Waals surface area contributed by atoms with Gasteiger partial charge in [-0.3, -0.25) is 4.79 Å². The highest BCUT2D eigenvalue weighted by molar-refractivity contribution is 6.41. The van der Waals surface area contributed by atoms with Crippen LogP contribution in [0, 0.1) is 5.92 Å². The Morgan fingerprint density at radius 2 is 1.92 bits per heavy atom. The zero-order chi connectivity index (χ0) is 18.9. The van der Waals surface area contributed by atoms with Gasteiger partial charge in [-0.15, -0.1) is 0 Å². The van der Waals surface area contributed by atoms with Gasteiger partial charge in [0.25, 0.3) is 5.56 Å². The Kier molecular flexibility index (Phi) is 8.12. The predicted octanol–water partition coefficient (Wildman–Crippen LogP) is 2.78. The summed E-state index contributed by atoms with van der Waals surface area (Å²) in [6.07, 6.45) is 1.61. The van der Waals surface area contributed by atoms with Gasteiger partial charge in [-0.05, 0) is 24.3 Å². The lowest BCUT2D eigenvalue weighted by atomic mass is 10.1. The summed E-state index contributed by atoms with van der Waals surface area (Å²) in [6.45, 7) is 3.29. The van der Waals surface area contributed by atoms with Crippen molar-refractivity contribution in [1.82, 2.24) is 9.88 Å². The van der Waals surface area contributed by atoms with Crippen LogP contribution in [0.2, 0.25) is 10.0 Å². The molecular formula is C18H20Cl2N2O4. The molecule has 0 bridgehead atoms. The molecule has 26 heavy (non-hydrogen) atoms. The molecule has 2 heterocycles. The Morgan fingerprint density at radius 3 is 2.54 bits per heavy atom. The molecule has 0 aliphatic carbocycles. The van der Waals surface area contributed by atoms with Crippen LogP contribution in [0.5, 0.6) is 0 Å². The third-order valence-electron chi connectivity index (χ3n) is 3.74. The molecule has 2 N–H and O–H groups in total. The number of aromatic carboxylic acids is 1. The second kappa shape index (κ2) is 10.3. The van der Waals surface area contributed by atoms with Crippen LogP contribution in [0.25, 0.3) is 0 Å². The highest BCUT2D eigenvalue weighted by Gasteiger charge is 2.16. The first-order valence-electron chi connectivity index (χ1n) is 8.10. The van der Waals surface area contributed by atoms with Crippen LogP contribution in [-0.4, -0.2) is 41.9 Å². The first-order valence-corrected chi connectivity index (χ1v) is 8.86. The van der Waals surface area contributed by atoms with Crippen molar-refractivity contribution in [3.05, 3.63) is 68.6 Å². The Labute approximate surface area is 161 Å². The number of carboxylic acid groups (broad SMARTS) is 1. The standard InChI is InChI=1S/C12H16N2O4.C6H4Cl2/c15-11-10(12(16)17)2-1-4-14(11)7-9-6-13-3-5-18-8-9;7-5-3-1-2-4-6(5)8/h1-2,4,9,13H,3,5-8H2,(H,16,17);1-4H.